The standard InChI is InChI=1S/C17H26O4/c1-9-6-16(21-11(3)18)14(17(4,5)20)7-13-10(2)15(19)8-12(9)13/h9,12,14,16,20H,6-8H2,1-5H3/t9?,12-,14?,16?/m0/s1. The highest BCUT2D eigenvalue weighted by molar-refractivity contribution is 5.98. The first-order valence-electron chi connectivity index (χ1n) is 7.73. The largest absolute Gasteiger partial charge is 0.462 e. The van der Waals surface area contributed by atoms with E-state index < -0.39 is 5.60 Å². The third-order valence-corrected chi connectivity index (χ3v) is 5.16. The zero-order chi connectivity index (χ0) is 15.9. The first-order chi connectivity index (χ1) is 9.61. The van der Waals surface area contributed by atoms with Crippen LogP contribution in [0.5, 0.6) is 0 Å². The van der Waals surface area contributed by atoms with Crippen LogP contribution in [0.15, 0.2) is 11.1 Å². The summed E-state index contributed by atoms with van der Waals surface area (Å²) in [5.41, 5.74) is 1.06. The Morgan fingerprint density at radius 3 is 2.48 bits per heavy atom. The van der Waals surface area contributed by atoms with Crippen LogP contribution in [-0.2, 0) is 14.3 Å². The molecule has 118 valence electrons. The fraction of sp³-hybridized carbons (Fsp3) is 0.765. The summed E-state index contributed by atoms with van der Waals surface area (Å²) in [7, 11) is 0. The number of carbonyl (C=O) groups excluding carboxylic acids is 2. The highest BCUT2D eigenvalue weighted by Gasteiger charge is 2.45. The van der Waals surface area contributed by atoms with Gasteiger partial charge in [-0.05, 0) is 51.0 Å². The van der Waals surface area contributed by atoms with Crippen LogP contribution in [0, 0.1) is 17.8 Å². The minimum atomic E-state index is -0.951. The van der Waals surface area contributed by atoms with Crippen molar-refractivity contribution in [3.8, 4) is 0 Å². The van der Waals surface area contributed by atoms with Crippen LogP contribution in [0.1, 0.15) is 53.9 Å². The smallest absolute Gasteiger partial charge is 0.302 e. The van der Waals surface area contributed by atoms with Gasteiger partial charge >= 0.3 is 5.97 Å². The Labute approximate surface area is 126 Å². The van der Waals surface area contributed by atoms with Gasteiger partial charge in [0.1, 0.15) is 6.10 Å². The van der Waals surface area contributed by atoms with Gasteiger partial charge in [-0.25, -0.2) is 0 Å². The molecule has 1 fully saturated rings. The van der Waals surface area contributed by atoms with Crippen LogP contribution in [0.4, 0.5) is 0 Å². The summed E-state index contributed by atoms with van der Waals surface area (Å²) in [6.07, 6.45) is 1.60. The molecule has 4 nitrogen and oxygen atoms in total. The first-order valence-corrected chi connectivity index (χ1v) is 7.73. The monoisotopic (exact) mass is 294 g/mol. The summed E-state index contributed by atoms with van der Waals surface area (Å²) in [4.78, 5) is 23.4. The van der Waals surface area contributed by atoms with Gasteiger partial charge in [0.05, 0.1) is 5.60 Å². The number of fused-ring (bicyclic) bond motifs is 1. The molecular weight excluding hydrogens is 268 g/mol. The van der Waals surface area contributed by atoms with Crippen molar-refractivity contribution < 1.29 is 19.4 Å². The maximum absolute atomic E-state index is 12.0. The minimum Gasteiger partial charge on any atom is -0.462 e. The number of hydrogen-bond acceptors (Lipinski definition) is 4. The van der Waals surface area contributed by atoms with E-state index in [1.807, 2.05) is 6.92 Å². The van der Waals surface area contributed by atoms with E-state index in [9.17, 15) is 14.7 Å². The molecule has 2 aliphatic carbocycles. The molecule has 0 aliphatic heterocycles. The molecule has 21 heavy (non-hydrogen) atoms. The lowest BCUT2D eigenvalue weighted by molar-refractivity contribution is -0.155. The van der Waals surface area contributed by atoms with Gasteiger partial charge in [0.25, 0.3) is 0 Å². The summed E-state index contributed by atoms with van der Waals surface area (Å²) < 4.78 is 5.50. The normalized spacial score (nSPS) is 33.7. The molecule has 0 aromatic carbocycles. The van der Waals surface area contributed by atoms with Crippen molar-refractivity contribution >= 4 is 11.8 Å². The Balaban J connectivity index is 2.39. The van der Waals surface area contributed by atoms with E-state index in [-0.39, 0.29) is 35.6 Å². The van der Waals surface area contributed by atoms with Crippen molar-refractivity contribution in [3.05, 3.63) is 11.1 Å². The molecule has 1 saturated carbocycles. The molecule has 0 heterocycles. The molecule has 1 N–H and O–H groups in total. The highest BCUT2D eigenvalue weighted by Crippen LogP contribution is 2.46. The first kappa shape index (κ1) is 16.2. The van der Waals surface area contributed by atoms with Crippen molar-refractivity contribution in [2.45, 2.75) is 65.6 Å². The van der Waals surface area contributed by atoms with Crippen molar-refractivity contribution in [2.75, 3.05) is 0 Å². The van der Waals surface area contributed by atoms with Gasteiger partial charge in [-0.1, -0.05) is 12.5 Å². The summed E-state index contributed by atoms with van der Waals surface area (Å²) in [6.45, 7) is 8.92. The second kappa shape index (κ2) is 5.56. The quantitative estimate of drug-likeness (QED) is 0.795. The fourth-order valence-corrected chi connectivity index (χ4v) is 3.89. The van der Waals surface area contributed by atoms with Crippen LogP contribution >= 0.6 is 0 Å². The van der Waals surface area contributed by atoms with Crippen LogP contribution in [0.25, 0.3) is 0 Å². The third-order valence-electron chi connectivity index (χ3n) is 5.16. The Morgan fingerprint density at radius 1 is 1.33 bits per heavy atom. The summed E-state index contributed by atoms with van der Waals surface area (Å²) in [5, 5.41) is 10.5. The van der Waals surface area contributed by atoms with E-state index >= 15 is 0 Å². The predicted octanol–water partition coefficient (Wildman–Crippen LogP) is 2.64. The van der Waals surface area contributed by atoms with Gasteiger partial charge in [-0.3, -0.25) is 9.59 Å². The number of allylic oxidation sites excluding steroid dienone is 2. The minimum absolute atomic E-state index is 0.176. The maximum atomic E-state index is 12.0. The van der Waals surface area contributed by atoms with Gasteiger partial charge in [0, 0.05) is 19.3 Å². The molecule has 2 aliphatic rings. The highest BCUT2D eigenvalue weighted by atomic mass is 16.5. The Bertz CT molecular complexity index is 484. The lowest BCUT2D eigenvalue weighted by Crippen LogP contribution is -2.41. The van der Waals surface area contributed by atoms with E-state index in [0.29, 0.717) is 19.3 Å². The lowest BCUT2D eigenvalue weighted by atomic mass is 9.81. The SMILES string of the molecule is CC(=O)OC1CC(C)[C@@H]2CC(=O)C(C)=C2CC1C(C)(C)O. The number of rotatable bonds is 2. The zero-order valence-corrected chi connectivity index (χ0v) is 13.6. The number of Topliss-reactive ketones (excluding diaryl/α,β-unsaturated/α-hetero) is 1. The van der Waals surface area contributed by atoms with Gasteiger partial charge in [0.2, 0.25) is 0 Å². The second-order valence-corrected chi connectivity index (χ2v) is 7.21. The molecule has 0 amide bonds. The zero-order valence-electron chi connectivity index (χ0n) is 13.6. The van der Waals surface area contributed by atoms with Crippen LogP contribution in [0.2, 0.25) is 0 Å². The number of ketones is 1. The molecule has 4 atom stereocenters. The average Bonchev–Trinajstić information content (AvgIpc) is 2.51. The summed E-state index contributed by atoms with van der Waals surface area (Å²) >= 11 is 0. The topological polar surface area (TPSA) is 63.6 Å². The van der Waals surface area contributed by atoms with Crippen molar-refractivity contribution in [1.29, 1.82) is 0 Å². The number of ether oxygens (including phenoxy) is 1. The molecule has 2 rings (SSSR count). The maximum Gasteiger partial charge on any atom is 0.302 e. The van der Waals surface area contributed by atoms with Crippen LogP contribution < -0.4 is 0 Å². The van der Waals surface area contributed by atoms with Gasteiger partial charge < -0.3 is 9.84 Å². The lowest BCUT2D eigenvalue weighted by Gasteiger charge is -2.34. The average molecular weight is 294 g/mol. The van der Waals surface area contributed by atoms with E-state index in [2.05, 4.69) is 6.92 Å². The summed E-state index contributed by atoms with van der Waals surface area (Å²) in [6, 6.07) is 0. The van der Waals surface area contributed by atoms with Gasteiger partial charge in [-0.2, -0.15) is 0 Å². The molecule has 0 aromatic rings. The third kappa shape index (κ3) is 3.20. The molecular formula is C17H26O4. The van der Waals surface area contributed by atoms with Crippen LogP contribution in [0.3, 0.4) is 0 Å². The molecule has 0 radical (unpaired) electrons. The number of carbonyl (C=O) groups is 2. The fourth-order valence-electron chi connectivity index (χ4n) is 3.89. The number of aliphatic hydroxyl groups is 1. The van der Waals surface area contributed by atoms with Crippen molar-refractivity contribution in [1.82, 2.24) is 0 Å². The van der Waals surface area contributed by atoms with Crippen LogP contribution in [-0.4, -0.2) is 28.6 Å². The van der Waals surface area contributed by atoms with E-state index in [4.69, 9.17) is 4.74 Å². The molecule has 4 heteroatoms. The predicted molar refractivity (Wildman–Crippen MR) is 79.6 cm³/mol. The summed E-state index contributed by atoms with van der Waals surface area (Å²) in [5.74, 6) is 0.253. The Kier molecular flexibility index (Phi) is 4.29. The Morgan fingerprint density at radius 2 is 1.95 bits per heavy atom. The van der Waals surface area contributed by atoms with Crippen molar-refractivity contribution in [3.63, 3.8) is 0 Å². The second-order valence-electron chi connectivity index (χ2n) is 7.21. The molecule has 0 aromatic heterocycles. The number of esters is 1. The molecule has 0 spiro atoms. The van der Waals surface area contributed by atoms with E-state index in [0.717, 1.165) is 11.1 Å². The van der Waals surface area contributed by atoms with Gasteiger partial charge in [-0.15, -0.1) is 0 Å². The molecule has 3 unspecified atom stereocenters. The Hall–Kier alpha value is -1.16. The molecule has 0 bridgehead atoms. The van der Waals surface area contributed by atoms with E-state index in [1.54, 1.807) is 13.8 Å². The van der Waals surface area contributed by atoms with Crippen molar-refractivity contribution in [2.24, 2.45) is 17.8 Å². The number of hydrogen-bond donors (Lipinski definition) is 1. The van der Waals surface area contributed by atoms with Gasteiger partial charge in [0.15, 0.2) is 5.78 Å². The van der Waals surface area contributed by atoms with E-state index in [1.165, 1.54) is 6.92 Å². The molecule has 0 saturated heterocycles.